The van der Waals surface area contributed by atoms with Crippen molar-refractivity contribution < 1.29 is 22.6 Å². The van der Waals surface area contributed by atoms with E-state index in [0.29, 0.717) is 25.7 Å². The zero-order valence-electron chi connectivity index (χ0n) is 12.9. The van der Waals surface area contributed by atoms with Crippen molar-refractivity contribution in [1.82, 2.24) is 10.6 Å². The smallest absolute Gasteiger partial charge is 0.419 e. The second-order valence-electron chi connectivity index (χ2n) is 4.26. The van der Waals surface area contributed by atoms with Crippen LogP contribution >= 0.6 is 24.0 Å². The predicted molar refractivity (Wildman–Crippen MR) is 93.6 cm³/mol. The van der Waals surface area contributed by atoms with E-state index in [4.69, 9.17) is 9.47 Å². The molecule has 0 aliphatic heterocycles. The van der Waals surface area contributed by atoms with Crippen LogP contribution in [0.5, 0.6) is 5.75 Å². The number of hydrogen-bond donors (Lipinski definition) is 2. The Bertz CT molecular complexity index is 485. The van der Waals surface area contributed by atoms with Gasteiger partial charge in [0.2, 0.25) is 0 Å². The molecular formula is C14H21F3IN3O2. The van der Waals surface area contributed by atoms with Gasteiger partial charge in [-0.2, -0.15) is 13.2 Å². The van der Waals surface area contributed by atoms with Gasteiger partial charge in [0.25, 0.3) is 0 Å². The molecule has 9 heteroatoms. The zero-order valence-corrected chi connectivity index (χ0v) is 15.3. The molecule has 1 rings (SSSR count). The number of ether oxygens (including phenoxy) is 2. The van der Waals surface area contributed by atoms with Gasteiger partial charge in [-0.25, -0.2) is 0 Å². The molecule has 1 aromatic rings. The molecule has 0 aliphatic rings. The van der Waals surface area contributed by atoms with Crippen LogP contribution in [0.1, 0.15) is 5.56 Å². The highest BCUT2D eigenvalue weighted by atomic mass is 127. The van der Waals surface area contributed by atoms with Gasteiger partial charge in [0, 0.05) is 20.7 Å². The second kappa shape index (κ2) is 11.3. The van der Waals surface area contributed by atoms with Gasteiger partial charge < -0.3 is 20.1 Å². The van der Waals surface area contributed by atoms with Gasteiger partial charge in [-0.1, -0.05) is 12.1 Å². The highest BCUT2D eigenvalue weighted by Gasteiger charge is 2.33. The molecule has 0 bridgehead atoms. The molecule has 0 saturated heterocycles. The summed E-state index contributed by atoms with van der Waals surface area (Å²) in [6.45, 7) is 1.50. The van der Waals surface area contributed by atoms with Crippen LogP contribution in [0.2, 0.25) is 0 Å². The van der Waals surface area contributed by atoms with Crippen LogP contribution in [0.4, 0.5) is 13.2 Å². The number of methoxy groups -OCH3 is 1. The summed E-state index contributed by atoms with van der Waals surface area (Å²) in [4.78, 5) is 3.96. The number of rotatable bonds is 7. The van der Waals surface area contributed by atoms with Crippen molar-refractivity contribution in [3.63, 3.8) is 0 Å². The van der Waals surface area contributed by atoms with Gasteiger partial charge in [0.1, 0.15) is 12.4 Å². The van der Waals surface area contributed by atoms with Gasteiger partial charge >= 0.3 is 6.18 Å². The lowest BCUT2D eigenvalue weighted by molar-refractivity contribution is -0.138. The van der Waals surface area contributed by atoms with Crippen LogP contribution in [-0.2, 0) is 10.9 Å². The Labute approximate surface area is 150 Å². The van der Waals surface area contributed by atoms with Crippen LogP contribution in [0.15, 0.2) is 29.3 Å². The number of aliphatic imine (C=N–C) groups is 1. The fourth-order valence-electron chi connectivity index (χ4n) is 1.65. The Morgan fingerprint density at radius 2 is 1.74 bits per heavy atom. The third-order valence-electron chi connectivity index (χ3n) is 2.67. The summed E-state index contributed by atoms with van der Waals surface area (Å²) < 4.78 is 48.4. The van der Waals surface area contributed by atoms with Crippen LogP contribution in [0.25, 0.3) is 0 Å². The van der Waals surface area contributed by atoms with E-state index in [-0.39, 0.29) is 36.3 Å². The normalized spacial score (nSPS) is 11.6. The number of nitrogens with zero attached hydrogens (tertiary/aromatic N) is 1. The summed E-state index contributed by atoms with van der Waals surface area (Å²) in [6.07, 6.45) is -4.43. The Kier molecular flexibility index (Phi) is 10.7. The molecule has 0 heterocycles. The average Bonchev–Trinajstić information content (AvgIpc) is 2.49. The summed E-state index contributed by atoms with van der Waals surface area (Å²) in [5.74, 6) is 0.351. The number of para-hydroxylation sites is 1. The molecule has 0 spiro atoms. The average molecular weight is 447 g/mol. The minimum Gasteiger partial charge on any atom is -0.491 e. The van der Waals surface area contributed by atoms with Crippen molar-refractivity contribution in [2.75, 3.05) is 40.5 Å². The molecule has 0 aliphatic carbocycles. The van der Waals surface area contributed by atoms with E-state index in [1.165, 1.54) is 18.2 Å². The molecule has 23 heavy (non-hydrogen) atoms. The minimum atomic E-state index is -4.43. The van der Waals surface area contributed by atoms with Crippen LogP contribution in [0.3, 0.4) is 0 Å². The van der Waals surface area contributed by atoms with Crippen molar-refractivity contribution >= 4 is 29.9 Å². The topological polar surface area (TPSA) is 54.9 Å². The minimum absolute atomic E-state index is 0. The molecule has 132 valence electrons. The van der Waals surface area contributed by atoms with Gasteiger partial charge in [0.15, 0.2) is 5.96 Å². The Morgan fingerprint density at radius 3 is 2.30 bits per heavy atom. The lowest BCUT2D eigenvalue weighted by Crippen LogP contribution is -2.40. The van der Waals surface area contributed by atoms with E-state index >= 15 is 0 Å². The molecule has 0 fully saturated rings. The lowest BCUT2D eigenvalue weighted by Gasteiger charge is -2.15. The van der Waals surface area contributed by atoms with E-state index in [1.54, 1.807) is 14.2 Å². The molecule has 2 N–H and O–H groups in total. The van der Waals surface area contributed by atoms with Crippen LogP contribution in [0, 0.1) is 0 Å². The maximum atomic E-state index is 12.8. The Balaban J connectivity index is 0.00000484. The second-order valence-corrected chi connectivity index (χ2v) is 4.26. The maximum Gasteiger partial charge on any atom is 0.419 e. The number of benzene rings is 1. The highest BCUT2D eigenvalue weighted by molar-refractivity contribution is 14.0. The number of nitrogens with one attached hydrogen (secondary N) is 2. The van der Waals surface area contributed by atoms with Crippen molar-refractivity contribution in [3.05, 3.63) is 29.8 Å². The molecule has 0 atom stereocenters. The molecule has 0 radical (unpaired) electrons. The fourth-order valence-corrected chi connectivity index (χ4v) is 1.65. The Hall–Kier alpha value is -1.23. The first-order chi connectivity index (χ1) is 10.5. The van der Waals surface area contributed by atoms with Crippen molar-refractivity contribution in [2.24, 2.45) is 4.99 Å². The number of hydrogen-bond acceptors (Lipinski definition) is 3. The van der Waals surface area contributed by atoms with Crippen molar-refractivity contribution in [1.29, 1.82) is 0 Å². The first-order valence-corrected chi connectivity index (χ1v) is 6.71. The van der Waals surface area contributed by atoms with Crippen molar-refractivity contribution in [3.8, 4) is 5.75 Å². The van der Waals surface area contributed by atoms with Gasteiger partial charge in [0.05, 0.1) is 18.7 Å². The summed E-state index contributed by atoms with van der Waals surface area (Å²) >= 11 is 0. The number of alkyl halides is 3. The number of guanidine groups is 1. The third-order valence-corrected chi connectivity index (χ3v) is 2.67. The SMILES string of the molecule is CN=C(NCCOC)NCCOc1ccccc1C(F)(F)F.I. The van der Waals surface area contributed by atoms with E-state index in [1.807, 2.05) is 0 Å². The molecule has 0 aromatic heterocycles. The first-order valence-electron chi connectivity index (χ1n) is 6.71. The van der Waals surface area contributed by atoms with E-state index in [0.717, 1.165) is 6.07 Å². The van der Waals surface area contributed by atoms with Crippen LogP contribution < -0.4 is 15.4 Å². The zero-order chi connectivity index (χ0) is 16.4. The Morgan fingerprint density at radius 1 is 1.13 bits per heavy atom. The molecule has 0 unspecified atom stereocenters. The van der Waals surface area contributed by atoms with Gasteiger partial charge in [-0.3, -0.25) is 4.99 Å². The summed E-state index contributed by atoms with van der Waals surface area (Å²) in [5.41, 5.74) is -0.780. The summed E-state index contributed by atoms with van der Waals surface area (Å²) in [5, 5.41) is 5.92. The van der Waals surface area contributed by atoms with Crippen molar-refractivity contribution in [2.45, 2.75) is 6.18 Å². The standard InChI is InChI=1S/C14H20F3N3O2.HI/c1-18-13(19-7-9-21-2)20-8-10-22-12-6-4-3-5-11(12)14(15,16)17;/h3-6H,7-10H2,1-2H3,(H2,18,19,20);1H. The van der Waals surface area contributed by atoms with Gasteiger partial charge in [-0.15, -0.1) is 24.0 Å². The monoisotopic (exact) mass is 447 g/mol. The maximum absolute atomic E-state index is 12.8. The van der Waals surface area contributed by atoms with Gasteiger partial charge in [-0.05, 0) is 12.1 Å². The molecule has 0 saturated carbocycles. The molecule has 5 nitrogen and oxygen atoms in total. The molecule has 1 aromatic carbocycles. The summed E-state index contributed by atoms with van der Waals surface area (Å²) in [7, 11) is 3.19. The quantitative estimate of drug-likeness (QED) is 0.292. The third kappa shape index (κ3) is 8.26. The highest BCUT2D eigenvalue weighted by Crippen LogP contribution is 2.35. The number of halogens is 4. The van der Waals surface area contributed by atoms with E-state index in [2.05, 4.69) is 15.6 Å². The largest absolute Gasteiger partial charge is 0.491 e. The first kappa shape index (κ1) is 21.8. The van der Waals surface area contributed by atoms with E-state index in [9.17, 15) is 13.2 Å². The summed E-state index contributed by atoms with van der Waals surface area (Å²) in [6, 6.07) is 5.13. The fraction of sp³-hybridized carbons (Fsp3) is 0.500. The molecular weight excluding hydrogens is 426 g/mol. The lowest BCUT2D eigenvalue weighted by atomic mass is 10.2. The van der Waals surface area contributed by atoms with E-state index < -0.39 is 11.7 Å². The molecule has 0 amide bonds. The predicted octanol–water partition coefficient (Wildman–Crippen LogP) is 2.51. The van der Waals surface area contributed by atoms with Crippen LogP contribution in [-0.4, -0.2) is 46.4 Å².